The summed E-state index contributed by atoms with van der Waals surface area (Å²) < 4.78 is 0. The van der Waals surface area contributed by atoms with Crippen molar-refractivity contribution < 1.29 is 14.5 Å². The predicted molar refractivity (Wildman–Crippen MR) is 83.0 cm³/mol. The summed E-state index contributed by atoms with van der Waals surface area (Å²) in [6.07, 6.45) is 0. The van der Waals surface area contributed by atoms with Gasteiger partial charge in [0.05, 0.1) is 14.7 Å². The lowest BCUT2D eigenvalue weighted by Gasteiger charge is -2.35. The molecule has 0 saturated carbocycles. The van der Waals surface area contributed by atoms with Crippen LogP contribution < -0.4 is 0 Å². The molecular formula is C14H19N3O4S. The third-order valence-corrected chi connectivity index (χ3v) is 4.70. The molecule has 0 aromatic carbocycles. The van der Waals surface area contributed by atoms with E-state index in [1.54, 1.807) is 16.7 Å². The van der Waals surface area contributed by atoms with Crippen LogP contribution in [0, 0.1) is 23.0 Å². The Kier molecular flexibility index (Phi) is 4.80. The summed E-state index contributed by atoms with van der Waals surface area (Å²) in [5.41, 5.74) is -0.0121. The maximum Gasteiger partial charge on any atom is 0.283 e. The number of thiophene rings is 1. The molecule has 0 spiro atoms. The van der Waals surface area contributed by atoms with Gasteiger partial charge in [0.1, 0.15) is 0 Å². The number of hydrogen-bond donors (Lipinski definition) is 0. The Morgan fingerprint density at radius 1 is 1.23 bits per heavy atom. The second-order valence-electron chi connectivity index (χ2n) is 5.58. The number of piperazine rings is 1. The number of hydrogen-bond acceptors (Lipinski definition) is 5. The molecule has 0 unspecified atom stereocenters. The molecule has 1 aliphatic heterocycles. The summed E-state index contributed by atoms with van der Waals surface area (Å²) in [4.78, 5) is 39.0. The molecule has 0 bridgehead atoms. The quantitative estimate of drug-likeness (QED) is 0.627. The highest BCUT2D eigenvalue weighted by Crippen LogP contribution is 2.29. The maximum absolute atomic E-state index is 12.4. The molecule has 1 aliphatic rings. The monoisotopic (exact) mass is 325 g/mol. The largest absolute Gasteiger partial charge is 0.339 e. The van der Waals surface area contributed by atoms with E-state index in [2.05, 4.69) is 0 Å². The van der Waals surface area contributed by atoms with Gasteiger partial charge in [-0.3, -0.25) is 19.7 Å². The smallest absolute Gasteiger partial charge is 0.283 e. The molecule has 2 rings (SSSR count). The minimum Gasteiger partial charge on any atom is -0.339 e. The van der Waals surface area contributed by atoms with Crippen LogP contribution in [0.1, 0.15) is 28.4 Å². The van der Waals surface area contributed by atoms with Gasteiger partial charge in [0.15, 0.2) is 0 Å². The van der Waals surface area contributed by atoms with E-state index < -0.39 is 4.92 Å². The van der Waals surface area contributed by atoms with E-state index in [1.807, 2.05) is 13.8 Å². The Balaban J connectivity index is 2.02. The van der Waals surface area contributed by atoms with E-state index in [0.717, 1.165) is 11.3 Å². The topological polar surface area (TPSA) is 83.8 Å². The number of carbonyl (C=O) groups is 2. The number of nitro groups is 1. The zero-order valence-electron chi connectivity index (χ0n) is 12.9. The molecule has 2 amide bonds. The first-order valence-electron chi connectivity index (χ1n) is 7.14. The highest BCUT2D eigenvalue weighted by molar-refractivity contribution is 7.14. The van der Waals surface area contributed by atoms with Crippen molar-refractivity contribution in [3.05, 3.63) is 25.9 Å². The van der Waals surface area contributed by atoms with Crippen molar-refractivity contribution in [3.63, 3.8) is 0 Å². The fourth-order valence-corrected chi connectivity index (χ4v) is 3.36. The first kappa shape index (κ1) is 16.4. The van der Waals surface area contributed by atoms with Gasteiger partial charge in [-0.15, -0.1) is 11.3 Å². The van der Waals surface area contributed by atoms with Crippen molar-refractivity contribution in [1.82, 2.24) is 9.80 Å². The Labute approximate surface area is 132 Å². The fraction of sp³-hybridized carbons (Fsp3) is 0.571. The van der Waals surface area contributed by atoms with Crippen LogP contribution in [0.15, 0.2) is 6.07 Å². The summed E-state index contributed by atoms with van der Waals surface area (Å²) in [6, 6.07) is 1.34. The lowest BCUT2D eigenvalue weighted by Crippen LogP contribution is -2.51. The molecular weight excluding hydrogens is 306 g/mol. The van der Waals surface area contributed by atoms with Gasteiger partial charge in [-0.1, -0.05) is 13.8 Å². The molecule has 8 heteroatoms. The van der Waals surface area contributed by atoms with Gasteiger partial charge in [0.25, 0.3) is 11.6 Å². The van der Waals surface area contributed by atoms with Gasteiger partial charge in [-0.05, 0) is 6.92 Å². The normalized spacial score (nSPS) is 15.3. The standard InChI is InChI=1S/C14H19N3O4S/c1-9(2)13(18)15-4-6-16(7-5-15)14(19)12-8-11(17(20)21)10(3)22-12/h8-9H,4-7H2,1-3H3. The van der Waals surface area contributed by atoms with E-state index in [0.29, 0.717) is 35.9 Å². The number of aryl methyl sites for hydroxylation is 1. The highest BCUT2D eigenvalue weighted by atomic mass is 32.1. The SMILES string of the molecule is Cc1sc(C(=O)N2CCN(C(=O)C(C)C)CC2)cc1[N+](=O)[O-]. The molecule has 1 saturated heterocycles. The van der Waals surface area contributed by atoms with Gasteiger partial charge < -0.3 is 9.80 Å². The molecule has 120 valence electrons. The van der Waals surface area contributed by atoms with E-state index >= 15 is 0 Å². The highest BCUT2D eigenvalue weighted by Gasteiger charge is 2.28. The van der Waals surface area contributed by atoms with Crippen molar-refractivity contribution in [3.8, 4) is 0 Å². The second kappa shape index (κ2) is 6.43. The van der Waals surface area contributed by atoms with Gasteiger partial charge >= 0.3 is 0 Å². The third-order valence-electron chi connectivity index (χ3n) is 3.67. The zero-order chi connectivity index (χ0) is 16.4. The number of nitrogens with zero attached hydrogens (tertiary/aromatic N) is 3. The molecule has 0 atom stereocenters. The minimum atomic E-state index is -0.470. The summed E-state index contributed by atoms with van der Waals surface area (Å²) in [7, 11) is 0. The molecule has 22 heavy (non-hydrogen) atoms. The lowest BCUT2D eigenvalue weighted by atomic mass is 10.1. The average molecular weight is 325 g/mol. The Bertz CT molecular complexity index is 603. The van der Waals surface area contributed by atoms with Crippen molar-refractivity contribution >= 4 is 28.8 Å². The van der Waals surface area contributed by atoms with Crippen molar-refractivity contribution in [1.29, 1.82) is 0 Å². The molecule has 0 N–H and O–H groups in total. The number of carbonyl (C=O) groups excluding carboxylic acids is 2. The molecule has 2 heterocycles. The van der Waals surface area contributed by atoms with Crippen LogP contribution in [0.5, 0.6) is 0 Å². The molecule has 7 nitrogen and oxygen atoms in total. The Morgan fingerprint density at radius 3 is 2.23 bits per heavy atom. The van der Waals surface area contributed by atoms with E-state index in [4.69, 9.17) is 0 Å². The first-order valence-corrected chi connectivity index (χ1v) is 7.95. The van der Waals surface area contributed by atoms with E-state index in [9.17, 15) is 19.7 Å². The van der Waals surface area contributed by atoms with Crippen molar-refractivity contribution in [2.75, 3.05) is 26.2 Å². The summed E-state index contributed by atoms with van der Waals surface area (Å²) in [5.74, 6) is -0.155. The first-order chi connectivity index (χ1) is 10.3. The predicted octanol–water partition coefficient (Wildman–Crippen LogP) is 1.91. The van der Waals surface area contributed by atoms with Gasteiger partial charge in [-0.2, -0.15) is 0 Å². The van der Waals surface area contributed by atoms with Gasteiger partial charge in [-0.25, -0.2) is 0 Å². The summed E-state index contributed by atoms with van der Waals surface area (Å²) in [5, 5.41) is 10.9. The second-order valence-corrected chi connectivity index (χ2v) is 6.84. The van der Waals surface area contributed by atoms with E-state index in [1.165, 1.54) is 6.07 Å². The van der Waals surface area contributed by atoms with Crippen LogP contribution in [0.25, 0.3) is 0 Å². The Hall–Kier alpha value is -1.96. The fourth-order valence-electron chi connectivity index (χ4n) is 2.41. The van der Waals surface area contributed by atoms with Crippen LogP contribution in [-0.2, 0) is 4.79 Å². The summed E-state index contributed by atoms with van der Waals surface area (Å²) in [6.45, 7) is 7.29. The van der Waals surface area contributed by atoms with Gasteiger partial charge in [0, 0.05) is 38.2 Å². The number of amides is 2. The maximum atomic E-state index is 12.4. The number of rotatable bonds is 3. The molecule has 1 fully saturated rings. The minimum absolute atomic E-state index is 0.0121. The molecule has 1 aromatic heterocycles. The average Bonchev–Trinajstić information content (AvgIpc) is 2.88. The van der Waals surface area contributed by atoms with Crippen LogP contribution >= 0.6 is 11.3 Å². The lowest BCUT2D eigenvalue weighted by molar-refractivity contribution is -0.385. The Morgan fingerprint density at radius 2 is 1.77 bits per heavy atom. The molecule has 0 radical (unpaired) electrons. The van der Waals surface area contributed by atoms with Crippen LogP contribution in [0.4, 0.5) is 5.69 Å². The van der Waals surface area contributed by atoms with Crippen LogP contribution in [0.2, 0.25) is 0 Å². The summed E-state index contributed by atoms with van der Waals surface area (Å²) >= 11 is 1.14. The van der Waals surface area contributed by atoms with Crippen molar-refractivity contribution in [2.24, 2.45) is 5.92 Å². The van der Waals surface area contributed by atoms with E-state index in [-0.39, 0.29) is 23.4 Å². The van der Waals surface area contributed by atoms with Crippen LogP contribution in [0.3, 0.4) is 0 Å². The van der Waals surface area contributed by atoms with Gasteiger partial charge in [0.2, 0.25) is 5.91 Å². The third kappa shape index (κ3) is 3.27. The zero-order valence-corrected chi connectivity index (χ0v) is 13.7. The van der Waals surface area contributed by atoms with Crippen LogP contribution in [-0.4, -0.2) is 52.7 Å². The molecule has 0 aliphatic carbocycles. The molecule has 1 aromatic rings. The van der Waals surface area contributed by atoms with Crippen molar-refractivity contribution in [2.45, 2.75) is 20.8 Å².